The molecule has 0 saturated heterocycles. The van der Waals surface area contributed by atoms with E-state index in [0.717, 1.165) is 6.07 Å². The SMILES string of the molecule is CC(C)(C)OC(=O)Nc1cc(Br)ncc1C(F)(F)F. The van der Waals surface area contributed by atoms with Gasteiger partial charge in [0.1, 0.15) is 10.2 Å². The lowest BCUT2D eigenvalue weighted by Crippen LogP contribution is -2.28. The van der Waals surface area contributed by atoms with Gasteiger partial charge < -0.3 is 4.74 Å². The number of halogens is 4. The fourth-order valence-corrected chi connectivity index (χ4v) is 1.50. The van der Waals surface area contributed by atoms with E-state index in [1.54, 1.807) is 20.8 Å². The van der Waals surface area contributed by atoms with Crippen molar-refractivity contribution < 1.29 is 22.7 Å². The zero-order valence-corrected chi connectivity index (χ0v) is 12.0. The molecule has 1 heterocycles. The lowest BCUT2D eigenvalue weighted by Gasteiger charge is -2.20. The van der Waals surface area contributed by atoms with E-state index in [4.69, 9.17) is 4.74 Å². The average molecular weight is 341 g/mol. The summed E-state index contributed by atoms with van der Waals surface area (Å²) in [5, 5.41) is 2.06. The number of alkyl halides is 3. The summed E-state index contributed by atoms with van der Waals surface area (Å²) < 4.78 is 43.2. The van der Waals surface area contributed by atoms with Crippen LogP contribution in [0.4, 0.5) is 23.7 Å². The third-order valence-corrected chi connectivity index (χ3v) is 2.25. The third kappa shape index (κ3) is 5.06. The van der Waals surface area contributed by atoms with Crippen molar-refractivity contribution in [3.05, 3.63) is 22.4 Å². The van der Waals surface area contributed by atoms with Gasteiger partial charge in [0.15, 0.2) is 0 Å². The highest BCUT2D eigenvalue weighted by Gasteiger charge is 2.35. The number of rotatable bonds is 1. The maximum Gasteiger partial charge on any atom is 0.419 e. The van der Waals surface area contributed by atoms with Crippen LogP contribution in [0, 0.1) is 0 Å². The maximum absolute atomic E-state index is 12.7. The highest BCUT2D eigenvalue weighted by atomic mass is 79.9. The minimum atomic E-state index is -4.61. The van der Waals surface area contributed by atoms with Crippen LogP contribution in [0.25, 0.3) is 0 Å². The molecule has 0 aliphatic rings. The molecule has 0 aliphatic carbocycles. The summed E-state index contributed by atoms with van der Waals surface area (Å²) >= 11 is 2.94. The van der Waals surface area contributed by atoms with E-state index in [2.05, 4.69) is 26.2 Å². The molecule has 1 N–H and O–H groups in total. The van der Waals surface area contributed by atoms with Gasteiger partial charge in [-0.05, 0) is 42.8 Å². The van der Waals surface area contributed by atoms with E-state index in [1.807, 2.05) is 0 Å². The third-order valence-electron chi connectivity index (χ3n) is 1.81. The van der Waals surface area contributed by atoms with Crippen molar-refractivity contribution in [3.8, 4) is 0 Å². The van der Waals surface area contributed by atoms with Crippen LogP contribution < -0.4 is 5.32 Å². The molecule has 0 fully saturated rings. The molecule has 1 amide bonds. The van der Waals surface area contributed by atoms with Crippen LogP contribution in [0.2, 0.25) is 0 Å². The number of nitrogens with one attached hydrogen (secondary N) is 1. The monoisotopic (exact) mass is 340 g/mol. The molecular weight excluding hydrogens is 329 g/mol. The van der Waals surface area contributed by atoms with Gasteiger partial charge in [0.05, 0.1) is 11.3 Å². The molecule has 0 saturated carbocycles. The van der Waals surface area contributed by atoms with Crippen molar-refractivity contribution >= 4 is 27.7 Å². The number of carbonyl (C=O) groups is 1. The van der Waals surface area contributed by atoms with Crippen LogP contribution in [0.5, 0.6) is 0 Å². The Hall–Kier alpha value is -1.31. The van der Waals surface area contributed by atoms with Crippen LogP contribution in [-0.2, 0) is 10.9 Å². The summed E-state index contributed by atoms with van der Waals surface area (Å²) in [5.74, 6) is 0. The normalized spacial score (nSPS) is 12.2. The van der Waals surface area contributed by atoms with Crippen LogP contribution in [0.15, 0.2) is 16.9 Å². The molecule has 0 unspecified atom stereocenters. The standard InChI is InChI=1S/C11H12BrF3N2O2/c1-10(2,3)19-9(18)17-7-4-8(12)16-5-6(7)11(13,14)15/h4-5H,1-3H3,(H,16,17,18). The summed E-state index contributed by atoms with van der Waals surface area (Å²) in [7, 11) is 0. The second-order valence-electron chi connectivity index (χ2n) is 4.68. The van der Waals surface area contributed by atoms with Crippen LogP contribution >= 0.6 is 15.9 Å². The van der Waals surface area contributed by atoms with Crippen molar-refractivity contribution in [3.63, 3.8) is 0 Å². The molecule has 106 valence electrons. The first-order valence-corrected chi connectivity index (χ1v) is 6.01. The molecule has 0 bridgehead atoms. The molecule has 1 aromatic rings. The summed E-state index contributed by atoms with van der Waals surface area (Å²) in [6.07, 6.45) is -4.94. The van der Waals surface area contributed by atoms with E-state index in [-0.39, 0.29) is 4.60 Å². The molecule has 4 nitrogen and oxygen atoms in total. The summed E-state index contributed by atoms with van der Waals surface area (Å²) in [6.45, 7) is 4.83. The maximum atomic E-state index is 12.7. The number of carbonyl (C=O) groups excluding carboxylic acids is 1. The fourth-order valence-electron chi connectivity index (χ4n) is 1.17. The van der Waals surface area contributed by atoms with Gasteiger partial charge in [-0.15, -0.1) is 0 Å². The zero-order valence-electron chi connectivity index (χ0n) is 10.4. The Labute approximate surface area is 116 Å². The Morgan fingerprint density at radius 2 is 1.95 bits per heavy atom. The van der Waals surface area contributed by atoms with E-state index in [1.165, 1.54) is 0 Å². The van der Waals surface area contributed by atoms with Crippen LogP contribution in [-0.4, -0.2) is 16.7 Å². The van der Waals surface area contributed by atoms with Gasteiger partial charge >= 0.3 is 12.3 Å². The van der Waals surface area contributed by atoms with Crippen molar-refractivity contribution in [2.45, 2.75) is 32.5 Å². The average Bonchev–Trinajstić information content (AvgIpc) is 2.11. The molecule has 0 radical (unpaired) electrons. The van der Waals surface area contributed by atoms with Crippen LogP contribution in [0.1, 0.15) is 26.3 Å². The van der Waals surface area contributed by atoms with Gasteiger partial charge in [-0.2, -0.15) is 13.2 Å². The van der Waals surface area contributed by atoms with Crippen molar-refractivity contribution in [2.24, 2.45) is 0 Å². The Morgan fingerprint density at radius 3 is 2.42 bits per heavy atom. The van der Waals surface area contributed by atoms with Crippen molar-refractivity contribution in [1.29, 1.82) is 0 Å². The first-order chi connectivity index (χ1) is 8.49. The largest absolute Gasteiger partial charge is 0.444 e. The van der Waals surface area contributed by atoms with Gasteiger partial charge in [-0.3, -0.25) is 5.32 Å². The number of hydrogen-bond acceptors (Lipinski definition) is 3. The smallest absolute Gasteiger partial charge is 0.419 e. The molecule has 1 aromatic heterocycles. The predicted octanol–water partition coefficient (Wildman–Crippen LogP) is 4.21. The second kappa shape index (κ2) is 5.36. The van der Waals surface area contributed by atoms with Gasteiger partial charge in [-0.1, -0.05) is 0 Å². The molecule has 8 heteroatoms. The first kappa shape index (κ1) is 15.7. The number of anilines is 1. The highest BCUT2D eigenvalue weighted by Crippen LogP contribution is 2.35. The number of hydrogen-bond donors (Lipinski definition) is 1. The quantitative estimate of drug-likeness (QED) is 0.779. The van der Waals surface area contributed by atoms with Gasteiger partial charge in [0.2, 0.25) is 0 Å². The second-order valence-corrected chi connectivity index (χ2v) is 5.49. The molecule has 0 aliphatic heterocycles. The van der Waals surface area contributed by atoms with E-state index in [9.17, 15) is 18.0 Å². The lowest BCUT2D eigenvalue weighted by molar-refractivity contribution is -0.137. The molecule has 0 atom stereocenters. The number of aromatic nitrogens is 1. The molecule has 1 rings (SSSR count). The Bertz CT molecular complexity index is 484. The van der Waals surface area contributed by atoms with E-state index in [0.29, 0.717) is 6.20 Å². The number of pyridine rings is 1. The summed E-state index contributed by atoms with van der Waals surface area (Å²) in [5.41, 5.74) is -2.25. The zero-order chi connectivity index (χ0) is 14.8. The Kier molecular flexibility index (Phi) is 4.44. The Morgan fingerprint density at radius 1 is 1.37 bits per heavy atom. The lowest BCUT2D eigenvalue weighted by atomic mass is 10.2. The topological polar surface area (TPSA) is 51.2 Å². The van der Waals surface area contributed by atoms with Crippen molar-refractivity contribution in [2.75, 3.05) is 5.32 Å². The Balaban J connectivity index is 3.00. The minimum absolute atomic E-state index is 0.173. The van der Waals surface area contributed by atoms with Crippen molar-refractivity contribution in [1.82, 2.24) is 4.98 Å². The summed E-state index contributed by atoms with van der Waals surface area (Å²) in [6, 6.07) is 1.06. The number of nitrogens with zero attached hydrogens (tertiary/aromatic N) is 1. The van der Waals surface area contributed by atoms with Gasteiger partial charge in [-0.25, -0.2) is 9.78 Å². The molecular formula is C11H12BrF3N2O2. The van der Waals surface area contributed by atoms with E-state index >= 15 is 0 Å². The fraction of sp³-hybridized carbons (Fsp3) is 0.455. The molecule has 19 heavy (non-hydrogen) atoms. The van der Waals surface area contributed by atoms with Gasteiger partial charge in [0.25, 0.3) is 0 Å². The number of amides is 1. The number of ether oxygens (including phenoxy) is 1. The molecule has 0 spiro atoms. The van der Waals surface area contributed by atoms with Gasteiger partial charge in [0, 0.05) is 6.20 Å². The predicted molar refractivity (Wildman–Crippen MR) is 66.8 cm³/mol. The van der Waals surface area contributed by atoms with Crippen LogP contribution in [0.3, 0.4) is 0 Å². The summed E-state index contributed by atoms with van der Waals surface area (Å²) in [4.78, 5) is 15.0. The first-order valence-electron chi connectivity index (χ1n) is 5.22. The minimum Gasteiger partial charge on any atom is -0.444 e. The van der Waals surface area contributed by atoms with E-state index < -0.39 is 29.1 Å². The highest BCUT2D eigenvalue weighted by molar-refractivity contribution is 9.10. The molecule has 0 aromatic carbocycles.